The Morgan fingerprint density at radius 1 is 1.12 bits per heavy atom. The lowest BCUT2D eigenvalue weighted by Gasteiger charge is -2.10. The van der Waals surface area contributed by atoms with Crippen molar-refractivity contribution in [3.63, 3.8) is 0 Å². The molecule has 0 unspecified atom stereocenters. The standard InChI is InChI=1S/C24H24N4O3S/c1-4-31-20-13-9-8-12-19(20)26-22(29)21-16(3)25-24(32-21)28-23(30)18(15(2)27-28)14-17-10-6-5-7-11-17/h5-13,27H,4,14H2,1-3H3,(H,26,29). The van der Waals surface area contributed by atoms with Gasteiger partial charge in [-0.1, -0.05) is 53.8 Å². The number of aromatic nitrogens is 3. The van der Waals surface area contributed by atoms with Crippen molar-refractivity contribution in [2.45, 2.75) is 27.2 Å². The van der Waals surface area contributed by atoms with Gasteiger partial charge in [0.2, 0.25) is 5.13 Å². The molecule has 0 aliphatic rings. The zero-order chi connectivity index (χ0) is 22.7. The number of amides is 1. The SMILES string of the molecule is CCOc1ccccc1NC(=O)c1sc(-n2[nH]c(C)c(Cc3ccccc3)c2=O)nc1C. The van der Waals surface area contributed by atoms with Crippen LogP contribution in [-0.2, 0) is 6.42 Å². The molecule has 0 aliphatic heterocycles. The van der Waals surface area contributed by atoms with E-state index in [0.29, 0.717) is 45.7 Å². The van der Waals surface area contributed by atoms with Crippen molar-refractivity contribution in [3.8, 4) is 10.9 Å². The molecule has 0 atom stereocenters. The summed E-state index contributed by atoms with van der Waals surface area (Å²) in [6.45, 7) is 6.02. The molecule has 4 aromatic rings. The predicted octanol–water partition coefficient (Wildman–Crippen LogP) is 4.48. The minimum atomic E-state index is -0.292. The molecule has 2 aromatic heterocycles. The van der Waals surface area contributed by atoms with Gasteiger partial charge in [-0.2, -0.15) is 4.68 Å². The van der Waals surface area contributed by atoms with Gasteiger partial charge in [-0.3, -0.25) is 14.7 Å². The van der Waals surface area contributed by atoms with E-state index in [1.807, 2.05) is 56.3 Å². The van der Waals surface area contributed by atoms with E-state index in [1.165, 1.54) is 16.0 Å². The maximum atomic E-state index is 13.1. The van der Waals surface area contributed by atoms with Crippen molar-refractivity contribution < 1.29 is 9.53 Å². The lowest BCUT2D eigenvalue weighted by atomic mass is 10.1. The van der Waals surface area contributed by atoms with Gasteiger partial charge >= 0.3 is 0 Å². The van der Waals surface area contributed by atoms with E-state index in [-0.39, 0.29) is 11.5 Å². The van der Waals surface area contributed by atoms with Gasteiger partial charge in [0, 0.05) is 17.7 Å². The molecule has 164 valence electrons. The molecule has 0 spiro atoms. The fourth-order valence-corrected chi connectivity index (χ4v) is 4.37. The van der Waals surface area contributed by atoms with Crippen molar-refractivity contribution in [2.24, 2.45) is 0 Å². The van der Waals surface area contributed by atoms with Gasteiger partial charge in [-0.15, -0.1) is 0 Å². The first-order valence-corrected chi connectivity index (χ1v) is 11.1. The van der Waals surface area contributed by atoms with Crippen molar-refractivity contribution in [1.29, 1.82) is 0 Å². The summed E-state index contributed by atoms with van der Waals surface area (Å²) in [5, 5.41) is 6.42. The van der Waals surface area contributed by atoms with E-state index in [2.05, 4.69) is 15.4 Å². The molecule has 0 saturated carbocycles. The van der Waals surface area contributed by atoms with Crippen LogP contribution < -0.4 is 15.6 Å². The number of anilines is 1. The first-order chi connectivity index (χ1) is 15.5. The van der Waals surface area contributed by atoms with Crippen LogP contribution in [0.2, 0.25) is 0 Å². The van der Waals surface area contributed by atoms with Gasteiger partial charge in [-0.05, 0) is 38.5 Å². The highest BCUT2D eigenvalue weighted by Gasteiger charge is 2.21. The molecule has 4 rings (SSSR count). The molecule has 0 fully saturated rings. The number of hydrogen-bond donors (Lipinski definition) is 2. The molecule has 2 heterocycles. The van der Waals surface area contributed by atoms with Crippen LogP contribution in [-0.4, -0.2) is 27.3 Å². The number of carbonyl (C=O) groups is 1. The second-order valence-corrected chi connectivity index (χ2v) is 8.29. The summed E-state index contributed by atoms with van der Waals surface area (Å²) in [4.78, 5) is 30.9. The molecule has 0 saturated heterocycles. The van der Waals surface area contributed by atoms with Crippen LogP contribution in [0.4, 0.5) is 5.69 Å². The Bertz CT molecular complexity index is 1300. The zero-order valence-corrected chi connectivity index (χ0v) is 19.0. The number of para-hydroxylation sites is 2. The average Bonchev–Trinajstić information content (AvgIpc) is 3.30. The van der Waals surface area contributed by atoms with E-state index in [9.17, 15) is 9.59 Å². The molecule has 32 heavy (non-hydrogen) atoms. The van der Waals surface area contributed by atoms with Gasteiger partial charge in [0.05, 0.1) is 18.0 Å². The third kappa shape index (κ3) is 4.36. The van der Waals surface area contributed by atoms with Crippen LogP contribution in [0.15, 0.2) is 59.4 Å². The summed E-state index contributed by atoms with van der Waals surface area (Å²) in [5.41, 5.74) is 3.51. The molecule has 2 aromatic carbocycles. The van der Waals surface area contributed by atoms with Gasteiger partial charge < -0.3 is 10.1 Å². The summed E-state index contributed by atoms with van der Waals surface area (Å²) in [6.07, 6.45) is 0.529. The fourth-order valence-electron chi connectivity index (χ4n) is 3.44. The maximum absolute atomic E-state index is 13.1. The number of benzene rings is 2. The second kappa shape index (κ2) is 9.23. The number of nitrogens with one attached hydrogen (secondary N) is 2. The molecule has 1 amide bonds. The molecule has 8 heteroatoms. The predicted molar refractivity (Wildman–Crippen MR) is 126 cm³/mol. The number of carbonyl (C=O) groups excluding carboxylic acids is 1. The fraction of sp³-hybridized carbons (Fsp3) is 0.208. The Hall–Kier alpha value is -3.65. The Balaban J connectivity index is 1.61. The third-order valence-electron chi connectivity index (χ3n) is 5.04. The Labute approximate surface area is 189 Å². The molecular formula is C24H24N4O3S. The van der Waals surface area contributed by atoms with Crippen LogP contribution in [0.1, 0.15) is 39.1 Å². The summed E-state index contributed by atoms with van der Waals surface area (Å²) in [7, 11) is 0. The summed E-state index contributed by atoms with van der Waals surface area (Å²) in [6, 6.07) is 17.1. The Morgan fingerprint density at radius 2 is 1.84 bits per heavy atom. The first kappa shape index (κ1) is 21.6. The van der Waals surface area contributed by atoms with Crippen LogP contribution in [0.3, 0.4) is 0 Å². The van der Waals surface area contributed by atoms with Crippen molar-refractivity contribution in [3.05, 3.63) is 92.3 Å². The second-order valence-electron chi connectivity index (χ2n) is 7.31. The number of thiazole rings is 1. The summed E-state index contributed by atoms with van der Waals surface area (Å²) >= 11 is 1.17. The number of H-pyrrole nitrogens is 1. The monoisotopic (exact) mass is 448 g/mol. The number of aromatic amines is 1. The first-order valence-electron chi connectivity index (χ1n) is 10.3. The normalized spacial score (nSPS) is 10.8. The maximum Gasteiger partial charge on any atom is 0.277 e. The lowest BCUT2D eigenvalue weighted by Crippen LogP contribution is -2.17. The highest BCUT2D eigenvalue weighted by atomic mass is 32.1. The van der Waals surface area contributed by atoms with Crippen molar-refractivity contribution in [2.75, 3.05) is 11.9 Å². The number of ether oxygens (including phenoxy) is 1. The van der Waals surface area contributed by atoms with Crippen LogP contribution in [0, 0.1) is 13.8 Å². The molecule has 2 N–H and O–H groups in total. The van der Waals surface area contributed by atoms with E-state index >= 15 is 0 Å². The quantitative estimate of drug-likeness (QED) is 0.436. The number of rotatable bonds is 7. The number of hydrogen-bond acceptors (Lipinski definition) is 5. The Morgan fingerprint density at radius 3 is 2.59 bits per heavy atom. The molecule has 0 radical (unpaired) electrons. The molecule has 0 aliphatic carbocycles. The van der Waals surface area contributed by atoms with Crippen LogP contribution in [0.25, 0.3) is 5.13 Å². The van der Waals surface area contributed by atoms with E-state index < -0.39 is 0 Å². The molecular weight excluding hydrogens is 424 g/mol. The van der Waals surface area contributed by atoms with Gasteiger partial charge in [-0.25, -0.2) is 4.98 Å². The minimum absolute atomic E-state index is 0.159. The summed E-state index contributed by atoms with van der Waals surface area (Å²) < 4.78 is 6.99. The number of nitrogens with zero attached hydrogens (tertiary/aromatic N) is 2. The number of aryl methyl sites for hydroxylation is 2. The van der Waals surface area contributed by atoms with Crippen molar-refractivity contribution >= 4 is 22.9 Å². The van der Waals surface area contributed by atoms with Gasteiger partial charge in [0.15, 0.2) is 0 Å². The van der Waals surface area contributed by atoms with Crippen LogP contribution >= 0.6 is 11.3 Å². The van der Waals surface area contributed by atoms with E-state index in [1.54, 1.807) is 19.1 Å². The lowest BCUT2D eigenvalue weighted by molar-refractivity contribution is 0.102. The summed E-state index contributed by atoms with van der Waals surface area (Å²) in [5.74, 6) is 0.312. The van der Waals surface area contributed by atoms with E-state index in [4.69, 9.17) is 4.74 Å². The van der Waals surface area contributed by atoms with Crippen molar-refractivity contribution in [1.82, 2.24) is 14.8 Å². The average molecular weight is 449 g/mol. The minimum Gasteiger partial charge on any atom is -0.492 e. The third-order valence-corrected chi connectivity index (χ3v) is 6.18. The highest BCUT2D eigenvalue weighted by Crippen LogP contribution is 2.27. The van der Waals surface area contributed by atoms with Gasteiger partial charge in [0.25, 0.3) is 11.5 Å². The van der Waals surface area contributed by atoms with E-state index in [0.717, 1.165) is 11.3 Å². The molecule has 0 bridgehead atoms. The van der Waals surface area contributed by atoms with Gasteiger partial charge in [0.1, 0.15) is 10.6 Å². The smallest absolute Gasteiger partial charge is 0.277 e. The molecule has 7 nitrogen and oxygen atoms in total. The largest absolute Gasteiger partial charge is 0.492 e. The van der Waals surface area contributed by atoms with Crippen LogP contribution in [0.5, 0.6) is 5.75 Å². The zero-order valence-electron chi connectivity index (χ0n) is 18.1. The Kier molecular flexibility index (Phi) is 6.23. The topological polar surface area (TPSA) is 89.0 Å². The highest BCUT2D eigenvalue weighted by molar-refractivity contribution is 7.16.